The van der Waals surface area contributed by atoms with Gasteiger partial charge in [-0.15, -0.1) is 0 Å². The van der Waals surface area contributed by atoms with Crippen LogP contribution < -0.4 is 30.4 Å². The van der Waals surface area contributed by atoms with Crippen LogP contribution >= 0.6 is 0 Å². The lowest BCUT2D eigenvalue weighted by Gasteiger charge is -2.17. The maximum Gasteiger partial charge on any atom is 0.343 e. The minimum absolute atomic E-state index is 0.0750. The molecule has 3 rings (SSSR count). The summed E-state index contributed by atoms with van der Waals surface area (Å²) >= 11 is 0. The number of anilines is 2. The Balaban J connectivity index is 1.95. The van der Waals surface area contributed by atoms with Crippen molar-refractivity contribution in [1.82, 2.24) is 9.97 Å². The second-order valence-electron chi connectivity index (χ2n) is 6.14. The first-order chi connectivity index (χ1) is 14.5. The quantitative estimate of drug-likeness (QED) is 0.423. The molecule has 0 atom stereocenters. The minimum atomic E-state index is -0.589. The SMILES string of the molecule is CCOc1cc(C(=O)Oc2ccc3nc(N)nc(N)c3c2)cc(OCC)c1OCC. The lowest BCUT2D eigenvalue weighted by atomic mass is 10.1. The molecule has 9 heteroatoms. The minimum Gasteiger partial charge on any atom is -0.490 e. The molecule has 0 spiro atoms. The van der Waals surface area contributed by atoms with Crippen LogP contribution in [0.2, 0.25) is 0 Å². The number of carbonyl (C=O) groups is 1. The zero-order valence-electron chi connectivity index (χ0n) is 17.1. The van der Waals surface area contributed by atoms with E-state index < -0.39 is 5.97 Å². The predicted molar refractivity (Wildman–Crippen MR) is 113 cm³/mol. The smallest absolute Gasteiger partial charge is 0.343 e. The van der Waals surface area contributed by atoms with Crippen LogP contribution in [0.5, 0.6) is 23.0 Å². The van der Waals surface area contributed by atoms with E-state index >= 15 is 0 Å². The van der Waals surface area contributed by atoms with Gasteiger partial charge in [-0.25, -0.2) is 9.78 Å². The number of hydrogen-bond donors (Lipinski definition) is 2. The Morgan fingerprint density at radius 2 is 1.53 bits per heavy atom. The molecule has 158 valence electrons. The first-order valence-electron chi connectivity index (χ1n) is 9.58. The van der Waals surface area contributed by atoms with Gasteiger partial charge in [-0.2, -0.15) is 4.98 Å². The third kappa shape index (κ3) is 4.45. The number of esters is 1. The molecule has 1 aromatic heterocycles. The third-order valence-electron chi connectivity index (χ3n) is 4.07. The lowest BCUT2D eigenvalue weighted by molar-refractivity contribution is 0.0733. The van der Waals surface area contributed by atoms with Gasteiger partial charge in [0.2, 0.25) is 11.7 Å². The number of fused-ring (bicyclic) bond motifs is 1. The summed E-state index contributed by atoms with van der Waals surface area (Å²) in [7, 11) is 0. The van der Waals surface area contributed by atoms with Crippen LogP contribution in [0.1, 0.15) is 31.1 Å². The molecule has 0 radical (unpaired) electrons. The molecule has 0 amide bonds. The number of nitrogen functional groups attached to an aromatic ring is 2. The fourth-order valence-corrected chi connectivity index (χ4v) is 2.89. The second-order valence-corrected chi connectivity index (χ2v) is 6.14. The summed E-state index contributed by atoms with van der Waals surface area (Å²) in [5, 5.41) is 0.534. The molecule has 2 aromatic carbocycles. The van der Waals surface area contributed by atoms with Gasteiger partial charge in [0.25, 0.3) is 0 Å². The number of benzene rings is 2. The van der Waals surface area contributed by atoms with E-state index in [1.54, 1.807) is 30.3 Å². The molecule has 0 saturated carbocycles. The fraction of sp³-hybridized carbons (Fsp3) is 0.286. The van der Waals surface area contributed by atoms with E-state index in [0.29, 0.717) is 48.0 Å². The summed E-state index contributed by atoms with van der Waals surface area (Å²) in [4.78, 5) is 20.8. The Kier molecular flexibility index (Phi) is 6.41. The maximum atomic E-state index is 12.8. The molecule has 3 aromatic rings. The van der Waals surface area contributed by atoms with E-state index in [4.69, 9.17) is 30.4 Å². The Morgan fingerprint density at radius 3 is 2.13 bits per heavy atom. The van der Waals surface area contributed by atoms with E-state index in [9.17, 15) is 4.79 Å². The first kappa shape index (κ1) is 21.0. The van der Waals surface area contributed by atoms with Gasteiger partial charge in [-0.3, -0.25) is 0 Å². The molecule has 0 unspecified atom stereocenters. The third-order valence-corrected chi connectivity index (χ3v) is 4.07. The lowest BCUT2D eigenvalue weighted by Crippen LogP contribution is -2.11. The molecular weight excluding hydrogens is 388 g/mol. The van der Waals surface area contributed by atoms with Gasteiger partial charge >= 0.3 is 5.97 Å². The van der Waals surface area contributed by atoms with Crippen LogP contribution in [0.3, 0.4) is 0 Å². The highest BCUT2D eigenvalue weighted by Crippen LogP contribution is 2.39. The highest BCUT2D eigenvalue weighted by molar-refractivity contribution is 5.94. The Hall–Kier alpha value is -3.75. The number of nitrogens with zero attached hydrogens (tertiary/aromatic N) is 2. The molecular formula is C21H24N4O5. The van der Waals surface area contributed by atoms with E-state index in [1.807, 2.05) is 20.8 Å². The van der Waals surface area contributed by atoms with Crippen molar-refractivity contribution in [3.8, 4) is 23.0 Å². The van der Waals surface area contributed by atoms with Crippen molar-refractivity contribution in [3.05, 3.63) is 35.9 Å². The monoisotopic (exact) mass is 412 g/mol. The van der Waals surface area contributed by atoms with Gasteiger partial charge in [-0.05, 0) is 51.1 Å². The summed E-state index contributed by atoms with van der Waals surface area (Å²) in [5.74, 6) is 1.24. The molecule has 30 heavy (non-hydrogen) atoms. The van der Waals surface area contributed by atoms with Gasteiger partial charge in [0.05, 0.1) is 30.9 Å². The summed E-state index contributed by atoms with van der Waals surface area (Å²) in [6.07, 6.45) is 0. The van der Waals surface area contributed by atoms with Crippen LogP contribution in [0.4, 0.5) is 11.8 Å². The Morgan fingerprint density at radius 1 is 0.900 bits per heavy atom. The average Bonchev–Trinajstić information content (AvgIpc) is 2.71. The van der Waals surface area contributed by atoms with Crippen molar-refractivity contribution in [1.29, 1.82) is 0 Å². The Labute approximate surface area is 173 Å². The molecule has 0 aliphatic rings. The van der Waals surface area contributed by atoms with Crippen LogP contribution in [-0.4, -0.2) is 35.8 Å². The van der Waals surface area contributed by atoms with E-state index in [0.717, 1.165) is 0 Å². The summed E-state index contributed by atoms with van der Waals surface area (Å²) < 4.78 is 22.5. The zero-order valence-corrected chi connectivity index (χ0v) is 17.1. The van der Waals surface area contributed by atoms with Crippen molar-refractivity contribution in [2.24, 2.45) is 0 Å². The zero-order chi connectivity index (χ0) is 21.7. The predicted octanol–water partition coefficient (Wildman–Crippen LogP) is 3.21. The molecule has 0 fully saturated rings. The summed E-state index contributed by atoms with van der Waals surface area (Å²) in [6.45, 7) is 6.77. The van der Waals surface area contributed by atoms with Crippen LogP contribution in [-0.2, 0) is 0 Å². The first-order valence-corrected chi connectivity index (χ1v) is 9.58. The maximum absolute atomic E-state index is 12.8. The van der Waals surface area contributed by atoms with Gasteiger partial charge in [0.15, 0.2) is 11.5 Å². The molecule has 0 saturated heterocycles. The van der Waals surface area contributed by atoms with Crippen molar-refractivity contribution in [2.75, 3.05) is 31.3 Å². The summed E-state index contributed by atoms with van der Waals surface area (Å²) in [6, 6.07) is 7.98. The van der Waals surface area contributed by atoms with E-state index in [2.05, 4.69) is 9.97 Å². The van der Waals surface area contributed by atoms with Crippen LogP contribution in [0.15, 0.2) is 30.3 Å². The topological polar surface area (TPSA) is 132 Å². The van der Waals surface area contributed by atoms with Gasteiger partial charge in [0.1, 0.15) is 11.6 Å². The number of rotatable bonds is 8. The Bertz CT molecular complexity index is 1040. The van der Waals surface area contributed by atoms with Crippen molar-refractivity contribution < 1.29 is 23.7 Å². The standard InChI is InChI=1S/C21H24N4O5/c1-4-27-16-9-12(10-17(28-5-2)18(16)29-6-3)20(26)30-13-7-8-15-14(11-13)19(22)25-21(23)24-15/h7-11H,4-6H2,1-3H3,(H4,22,23,24,25). The fourth-order valence-electron chi connectivity index (χ4n) is 2.89. The van der Waals surface area contributed by atoms with Crippen LogP contribution in [0, 0.1) is 0 Å². The molecule has 1 heterocycles. The van der Waals surface area contributed by atoms with Gasteiger partial charge < -0.3 is 30.4 Å². The van der Waals surface area contributed by atoms with Crippen molar-refractivity contribution in [2.45, 2.75) is 20.8 Å². The summed E-state index contributed by atoms with van der Waals surface area (Å²) in [5.41, 5.74) is 12.3. The van der Waals surface area contributed by atoms with Crippen LogP contribution in [0.25, 0.3) is 10.9 Å². The van der Waals surface area contributed by atoms with E-state index in [-0.39, 0.29) is 23.1 Å². The number of ether oxygens (including phenoxy) is 4. The highest BCUT2D eigenvalue weighted by Gasteiger charge is 2.20. The normalized spacial score (nSPS) is 10.6. The molecule has 0 aliphatic carbocycles. The molecule has 0 aliphatic heterocycles. The van der Waals surface area contributed by atoms with Crippen molar-refractivity contribution >= 4 is 28.6 Å². The number of nitrogens with two attached hydrogens (primary N) is 2. The number of carbonyl (C=O) groups excluding carboxylic acids is 1. The highest BCUT2D eigenvalue weighted by atomic mass is 16.5. The largest absolute Gasteiger partial charge is 0.490 e. The molecule has 0 bridgehead atoms. The molecule has 9 nitrogen and oxygen atoms in total. The number of hydrogen-bond acceptors (Lipinski definition) is 9. The van der Waals surface area contributed by atoms with Gasteiger partial charge in [-0.1, -0.05) is 0 Å². The average molecular weight is 412 g/mol. The molecule has 4 N–H and O–H groups in total. The van der Waals surface area contributed by atoms with Gasteiger partial charge in [0, 0.05) is 5.39 Å². The second kappa shape index (κ2) is 9.17. The van der Waals surface area contributed by atoms with E-state index in [1.165, 1.54) is 0 Å². The number of aromatic nitrogens is 2. The van der Waals surface area contributed by atoms with Crippen molar-refractivity contribution in [3.63, 3.8) is 0 Å².